The minimum absolute atomic E-state index is 0.317. The molecule has 0 unspecified atom stereocenters. The first-order chi connectivity index (χ1) is 14.1. The molecule has 1 aromatic rings. The Morgan fingerprint density at radius 2 is 2.24 bits per heavy atom. The van der Waals surface area contributed by atoms with Gasteiger partial charge in [-0.15, -0.1) is 0 Å². The second-order valence-corrected chi connectivity index (χ2v) is 7.20. The molecule has 29 heavy (non-hydrogen) atoms. The van der Waals surface area contributed by atoms with Crippen molar-refractivity contribution in [2.75, 3.05) is 44.9 Å². The predicted molar refractivity (Wildman–Crippen MR) is 110 cm³/mol. The molecule has 0 radical (unpaired) electrons. The van der Waals surface area contributed by atoms with E-state index in [4.69, 9.17) is 20.2 Å². The third kappa shape index (κ3) is 5.23. The molecule has 1 aromatic heterocycles. The van der Waals surface area contributed by atoms with E-state index in [-0.39, 0.29) is 5.92 Å². The van der Waals surface area contributed by atoms with Gasteiger partial charge in [0.2, 0.25) is 5.90 Å². The van der Waals surface area contributed by atoms with Gasteiger partial charge in [-0.25, -0.2) is 4.98 Å². The van der Waals surface area contributed by atoms with Crippen LogP contribution in [0.5, 0.6) is 0 Å². The largest absolute Gasteiger partial charge is 0.481 e. The molecule has 1 saturated heterocycles. The number of aromatic nitrogens is 2. The third-order valence-corrected chi connectivity index (χ3v) is 5.18. The monoisotopic (exact) mass is 403 g/mol. The Balaban J connectivity index is 1.90. The minimum atomic E-state index is -0.739. The molecule has 158 valence electrons. The lowest BCUT2D eigenvalue weighted by atomic mass is 9.97. The van der Waals surface area contributed by atoms with Gasteiger partial charge in [0.25, 0.3) is 0 Å². The standard InChI is InChI=1S/C20H29N5O4/c1-28-10-2-4-15-13-23-17(16(12-21)19-22-7-3-11-29-19)18(24-15)25-8-5-14(6-9-25)20(26)27/h12-14H,2-11,21H2,1H3,(H,26,27). The fraction of sp³-hybridized carbons (Fsp3) is 0.600. The number of hydrogen-bond donors (Lipinski definition) is 2. The predicted octanol–water partition coefficient (Wildman–Crippen LogP) is 1.47. The molecule has 0 aliphatic carbocycles. The number of hydrogen-bond acceptors (Lipinski definition) is 8. The molecule has 0 aromatic carbocycles. The summed E-state index contributed by atoms with van der Waals surface area (Å²) >= 11 is 0. The van der Waals surface area contributed by atoms with E-state index in [2.05, 4.69) is 14.9 Å². The molecule has 3 N–H and O–H groups in total. The number of nitrogens with zero attached hydrogens (tertiary/aromatic N) is 4. The lowest BCUT2D eigenvalue weighted by Gasteiger charge is -2.32. The van der Waals surface area contributed by atoms with Gasteiger partial charge in [0.05, 0.1) is 23.8 Å². The number of carboxylic acids is 1. The Kier molecular flexibility index (Phi) is 7.40. The van der Waals surface area contributed by atoms with Gasteiger partial charge >= 0.3 is 5.97 Å². The molecular formula is C20H29N5O4. The van der Waals surface area contributed by atoms with Crippen molar-refractivity contribution in [3.05, 3.63) is 23.8 Å². The van der Waals surface area contributed by atoms with Gasteiger partial charge in [0.15, 0.2) is 5.82 Å². The molecule has 9 nitrogen and oxygen atoms in total. The number of rotatable bonds is 8. The summed E-state index contributed by atoms with van der Waals surface area (Å²) in [6.07, 6.45) is 6.84. The zero-order valence-corrected chi connectivity index (χ0v) is 16.8. The van der Waals surface area contributed by atoms with Crippen LogP contribution in [-0.2, 0) is 20.7 Å². The summed E-state index contributed by atoms with van der Waals surface area (Å²) in [6, 6.07) is 0. The molecule has 1 fully saturated rings. The Morgan fingerprint density at radius 1 is 1.45 bits per heavy atom. The van der Waals surface area contributed by atoms with Crippen molar-refractivity contribution in [1.29, 1.82) is 0 Å². The van der Waals surface area contributed by atoms with E-state index in [1.807, 2.05) is 0 Å². The fourth-order valence-electron chi connectivity index (χ4n) is 3.56. The van der Waals surface area contributed by atoms with E-state index in [0.717, 1.165) is 25.0 Å². The second-order valence-electron chi connectivity index (χ2n) is 7.20. The SMILES string of the molecule is COCCCc1cnc(C(=CN)C2=NCCCO2)c(N2CCC(C(=O)O)CC2)n1. The number of piperidine rings is 1. The van der Waals surface area contributed by atoms with Crippen LogP contribution in [-0.4, -0.2) is 66.9 Å². The van der Waals surface area contributed by atoms with Gasteiger partial charge in [-0.3, -0.25) is 14.8 Å². The van der Waals surface area contributed by atoms with Crippen LogP contribution >= 0.6 is 0 Å². The second kappa shape index (κ2) is 10.2. The number of methoxy groups -OCH3 is 1. The lowest BCUT2D eigenvalue weighted by molar-refractivity contribution is -0.142. The van der Waals surface area contributed by atoms with Crippen molar-refractivity contribution in [2.45, 2.75) is 32.1 Å². The molecule has 0 spiro atoms. The normalized spacial score (nSPS) is 18.3. The molecule has 3 rings (SSSR count). The number of anilines is 1. The van der Waals surface area contributed by atoms with Gasteiger partial charge in [0.1, 0.15) is 5.69 Å². The summed E-state index contributed by atoms with van der Waals surface area (Å²) in [6.45, 7) is 3.14. The van der Waals surface area contributed by atoms with Crippen LogP contribution in [0, 0.1) is 5.92 Å². The summed E-state index contributed by atoms with van der Waals surface area (Å²) in [5, 5.41) is 9.29. The number of carboxylic acid groups (broad SMARTS) is 1. The average molecular weight is 403 g/mol. The Hall–Kier alpha value is -2.68. The fourth-order valence-corrected chi connectivity index (χ4v) is 3.56. The van der Waals surface area contributed by atoms with E-state index in [9.17, 15) is 9.90 Å². The molecule has 0 saturated carbocycles. The molecular weight excluding hydrogens is 374 g/mol. The quantitative estimate of drug-likeness (QED) is 0.626. The van der Waals surface area contributed by atoms with Crippen LogP contribution in [0.1, 0.15) is 37.1 Å². The molecule has 0 bridgehead atoms. The molecule has 0 atom stereocenters. The topological polar surface area (TPSA) is 123 Å². The lowest BCUT2D eigenvalue weighted by Crippen LogP contribution is -2.37. The van der Waals surface area contributed by atoms with Crippen LogP contribution in [0.4, 0.5) is 5.82 Å². The van der Waals surface area contributed by atoms with Crippen LogP contribution in [0.2, 0.25) is 0 Å². The zero-order chi connectivity index (χ0) is 20.6. The van der Waals surface area contributed by atoms with E-state index in [1.54, 1.807) is 13.3 Å². The number of ether oxygens (including phenoxy) is 2. The average Bonchev–Trinajstić information content (AvgIpc) is 2.76. The Labute approximate surface area is 170 Å². The van der Waals surface area contributed by atoms with Crippen molar-refractivity contribution in [2.24, 2.45) is 16.6 Å². The number of aliphatic carboxylic acids is 1. The van der Waals surface area contributed by atoms with Crippen molar-refractivity contribution in [3.8, 4) is 0 Å². The number of carbonyl (C=O) groups is 1. The van der Waals surface area contributed by atoms with E-state index >= 15 is 0 Å². The van der Waals surface area contributed by atoms with Gasteiger partial charge < -0.3 is 25.2 Å². The molecule has 2 aliphatic rings. The summed E-state index contributed by atoms with van der Waals surface area (Å²) in [4.78, 5) is 27.4. The highest BCUT2D eigenvalue weighted by molar-refractivity contribution is 6.20. The molecule has 9 heteroatoms. The van der Waals surface area contributed by atoms with Crippen molar-refractivity contribution in [1.82, 2.24) is 9.97 Å². The first-order valence-corrected chi connectivity index (χ1v) is 10.1. The zero-order valence-electron chi connectivity index (χ0n) is 16.8. The van der Waals surface area contributed by atoms with Crippen molar-refractivity contribution >= 4 is 23.3 Å². The summed E-state index contributed by atoms with van der Waals surface area (Å²) in [7, 11) is 1.68. The highest BCUT2D eigenvalue weighted by atomic mass is 16.5. The Morgan fingerprint density at radius 3 is 2.86 bits per heavy atom. The van der Waals surface area contributed by atoms with Crippen LogP contribution in [0.25, 0.3) is 5.57 Å². The molecule has 0 amide bonds. The third-order valence-electron chi connectivity index (χ3n) is 5.18. The Bertz CT molecular complexity index is 772. The maximum atomic E-state index is 11.3. The smallest absolute Gasteiger partial charge is 0.306 e. The van der Waals surface area contributed by atoms with Crippen LogP contribution in [0.15, 0.2) is 17.4 Å². The summed E-state index contributed by atoms with van der Waals surface area (Å²) in [5.41, 5.74) is 8.04. The van der Waals surface area contributed by atoms with Crippen molar-refractivity contribution in [3.63, 3.8) is 0 Å². The van der Waals surface area contributed by atoms with E-state index < -0.39 is 5.97 Å². The van der Waals surface area contributed by atoms with Gasteiger partial charge in [-0.1, -0.05) is 0 Å². The first kappa shape index (κ1) is 21.0. The molecule has 3 heterocycles. The molecule has 2 aliphatic heterocycles. The maximum absolute atomic E-state index is 11.3. The van der Waals surface area contributed by atoms with E-state index in [1.165, 1.54) is 6.20 Å². The van der Waals surface area contributed by atoms with Crippen LogP contribution in [0.3, 0.4) is 0 Å². The van der Waals surface area contributed by atoms with Gasteiger partial charge in [-0.2, -0.15) is 0 Å². The summed E-state index contributed by atoms with van der Waals surface area (Å²) < 4.78 is 10.8. The van der Waals surface area contributed by atoms with Crippen molar-refractivity contribution < 1.29 is 19.4 Å². The van der Waals surface area contributed by atoms with Crippen LogP contribution < -0.4 is 10.6 Å². The van der Waals surface area contributed by atoms with Gasteiger partial charge in [-0.05, 0) is 25.7 Å². The summed E-state index contributed by atoms with van der Waals surface area (Å²) in [5.74, 6) is 0.138. The minimum Gasteiger partial charge on any atom is -0.481 e. The number of aliphatic imine (C=N–C) groups is 1. The number of nitrogens with two attached hydrogens (primary N) is 1. The number of aryl methyl sites for hydroxylation is 1. The maximum Gasteiger partial charge on any atom is 0.306 e. The first-order valence-electron chi connectivity index (χ1n) is 10.1. The highest BCUT2D eigenvalue weighted by Crippen LogP contribution is 2.29. The van der Waals surface area contributed by atoms with Gasteiger partial charge in [0, 0.05) is 52.2 Å². The van der Waals surface area contributed by atoms with E-state index in [0.29, 0.717) is 68.7 Å². The highest BCUT2D eigenvalue weighted by Gasteiger charge is 2.29.